The Bertz CT molecular complexity index is 109. The molecule has 2 nitrogen and oxygen atoms in total. The quantitative estimate of drug-likeness (QED) is 0.615. The zero-order chi connectivity index (χ0) is 6.27. The van der Waals surface area contributed by atoms with Crippen LogP contribution >= 0.6 is 24.8 Å². The molecule has 4 heteroatoms. The fraction of sp³-hybridized carbons (Fsp3) is 1.00. The van der Waals surface area contributed by atoms with E-state index in [9.17, 15) is 0 Å². The third kappa shape index (κ3) is 2.22. The van der Waals surface area contributed by atoms with Crippen molar-refractivity contribution in [1.82, 2.24) is 10.2 Å². The third-order valence-electron chi connectivity index (χ3n) is 2.57. The maximum atomic E-state index is 3.42. The smallest absolute Gasteiger partial charge is 0.00225 e. The Morgan fingerprint density at radius 3 is 2.00 bits per heavy atom. The van der Waals surface area contributed by atoms with E-state index in [2.05, 4.69) is 17.3 Å². The van der Waals surface area contributed by atoms with Gasteiger partial charge in [-0.15, -0.1) is 24.8 Å². The molecule has 0 aromatic carbocycles. The minimum absolute atomic E-state index is 0. The van der Waals surface area contributed by atoms with Gasteiger partial charge in [0.05, 0.1) is 0 Å². The summed E-state index contributed by atoms with van der Waals surface area (Å²) in [6.07, 6.45) is 0. The molecule has 11 heavy (non-hydrogen) atoms. The molecule has 2 heterocycles. The van der Waals surface area contributed by atoms with Gasteiger partial charge in [-0.1, -0.05) is 0 Å². The highest BCUT2D eigenvalue weighted by atomic mass is 35.5. The minimum atomic E-state index is 0. The van der Waals surface area contributed by atoms with Crippen LogP contribution in [0.3, 0.4) is 0 Å². The van der Waals surface area contributed by atoms with Crippen LogP contribution in [-0.4, -0.2) is 38.1 Å². The fourth-order valence-corrected chi connectivity index (χ4v) is 2.09. The van der Waals surface area contributed by atoms with Gasteiger partial charge in [-0.2, -0.15) is 0 Å². The maximum absolute atomic E-state index is 3.42. The number of nitrogens with zero attached hydrogens (tertiary/aromatic N) is 1. The summed E-state index contributed by atoms with van der Waals surface area (Å²) in [6.45, 7) is 5.15. The van der Waals surface area contributed by atoms with E-state index >= 15 is 0 Å². The first-order valence-electron chi connectivity index (χ1n) is 3.75. The van der Waals surface area contributed by atoms with Crippen molar-refractivity contribution in [2.75, 3.05) is 33.2 Å². The van der Waals surface area contributed by atoms with Crippen LogP contribution in [-0.2, 0) is 0 Å². The van der Waals surface area contributed by atoms with Gasteiger partial charge in [0.1, 0.15) is 0 Å². The highest BCUT2D eigenvalue weighted by Crippen LogP contribution is 2.24. The number of nitrogens with one attached hydrogen (secondary N) is 1. The van der Waals surface area contributed by atoms with Gasteiger partial charge in [-0.25, -0.2) is 0 Å². The molecule has 0 amide bonds. The Morgan fingerprint density at radius 2 is 1.55 bits per heavy atom. The van der Waals surface area contributed by atoms with Gasteiger partial charge < -0.3 is 10.2 Å². The molecule has 68 valence electrons. The van der Waals surface area contributed by atoms with Crippen molar-refractivity contribution >= 4 is 24.8 Å². The van der Waals surface area contributed by atoms with Crippen LogP contribution in [0.4, 0.5) is 0 Å². The second kappa shape index (κ2) is 4.51. The fourth-order valence-electron chi connectivity index (χ4n) is 2.09. The number of halogens is 2. The second-order valence-corrected chi connectivity index (χ2v) is 3.40. The molecule has 0 bridgehead atoms. The van der Waals surface area contributed by atoms with E-state index in [1.807, 2.05) is 0 Å². The normalized spacial score (nSPS) is 35.7. The molecule has 2 aliphatic heterocycles. The van der Waals surface area contributed by atoms with Gasteiger partial charge in [-0.05, 0) is 32.0 Å². The summed E-state index contributed by atoms with van der Waals surface area (Å²) in [4.78, 5) is 2.44. The summed E-state index contributed by atoms with van der Waals surface area (Å²) in [5, 5.41) is 3.42. The lowest BCUT2D eigenvalue weighted by Gasteiger charge is -2.07. The molecule has 0 aromatic heterocycles. The Hall–Kier alpha value is 0.500. The standard InChI is InChI=1S/C7H14N2.2ClH/c1-9-4-6-2-8-3-7(6)5-9;;/h6-8H,2-5H2,1H3;2*1H. The first-order chi connectivity index (χ1) is 4.36. The lowest BCUT2D eigenvalue weighted by molar-refractivity contribution is 0.382. The SMILES string of the molecule is CN1CC2CNCC2C1.Cl.Cl. The summed E-state index contributed by atoms with van der Waals surface area (Å²) >= 11 is 0. The minimum Gasteiger partial charge on any atom is -0.316 e. The zero-order valence-electron chi connectivity index (χ0n) is 6.75. The van der Waals surface area contributed by atoms with E-state index in [4.69, 9.17) is 0 Å². The van der Waals surface area contributed by atoms with E-state index in [0.29, 0.717) is 0 Å². The van der Waals surface area contributed by atoms with Crippen molar-refractivity contribution in [3.05, 3.63) is 0 Å². The number of hydrogen-bond acceptors (Lipinski definition) is 2. The van der Waals surface area contributed by atoms with E-state index in [-0.39, 0.29) is 24.8 Å². The number of hydrogen-bond donors (Lipinski definition) is 1. The van der Waals surface area contributed by atoms with Gasteiger partial charge in [0.2, 0.25) is 0 Å². The predicted molar refractivity (Wildman–Crippen MR) is 51.8 cm³/mol. The van der Waals surface area contributed by atoms with Gasteiger partial charge in [-0.3, -0.25) is 0 Å². The molecule has 2 rings (SSSR count). The van der Waals surface area contributed by atoms with Crippen LogP contribution in [0.15, 0.2) is 0 Å². The number of likely N-dealkylation sites (tertiary alicyclic amines) is 1. The molecule has 2 atom stereocenters. The molecular weight excluding hydrogens is 183 g/mol. The summed E-state index contributed by atoms with van der Waals surface area (Å²) in [5.41, 5.74) is 0. The van der Waals surface area contributed by atoms with Crippen LogP contribution < -0.4 is 5.32 Å². The second-order valence-electron chi connectivity index (χ2n) is 3.40. The highest BCUT2D eigenvalue weighted by molar-refractivity contribution is 5.85. The van der Waals surface area contributed by atoms with Crippen molar-refractivity contribution in [1.29, 1.82) is 0 Å². The Balaban J connectivity index is 0.000000500. The summed E-state index contributed by atoms with van der Waals surface area (Å²) in [7, 11) is 2.22. The van der Waals surface area contributed by atoms with Crippen molar-refractivity contribution in [3.63, 3.8) is 0 Å². The molecule has 0 spiro atoms. The Labute approximate surface area is 80.5 Å². The number of fused-ring (bicyclic) bond motifs is 1. The van der Waals surface area contributed by atoms with Gasteiger partial charge in [0.25, 0.3) is 0 Å². The Kier molecular flexibility index (Phi) is 4.71. The van der Waals surface area contributed by atoms with E-state index in [1.165, 1.54) is 26.2 Å². The van der Waals surface area contributed by atoms with Crippen molar-refractivity contribution in [3.8, 4) is 0 Å². The maximum Gasteiger partial charge on any atom is 0.00225 e. The first-order valence-corrected chi connectivity index (χ1v) is 3.75. The molecule has 0 aromatic rings. The monoisotopic (exact) mass is 198 g/mol. The largest absolute Gasteiger partial charge is 0.316 e. The van der Waals surface area contributed by atoms with Gasteiger partial charge in [0, 0.05) is 13.1 Å². The molecule has 0 radical (unpaired) electrons. The summed E-state index contributed by atoms with van der Waals surface area (Å²) < 4.78 is 0. The molecule has 2 saturated heterocycles. The molecule has 2 unspecified atom stereocenters. The molecule has 2 aliphatic rings. The summed E-state index contributed by atoms with van der Waals surface area (Å²) in [6, 6.07) is 0. The lowest BCUT2D eigenvalue weighted by atomic mass is 10.0. The van der Waals surface area contributed by atoms with E-state index < -0.39 is 0 Å². The highest BCUT2D eigenvalue weighted by Gasteiger charge is 2.33. The van der Waals surface area contributed by atoms with Gasteiger partial charge >= 0.3 is 0 Å². The Morgan fingerprint density at radius 1 is 1.09 bits per heavy atom. The van der Waals surface area contributed by atoms with Crippen LogP contribution in [0, 0.1) is 11.8 Å². The molecule has 1 N–H and O–H groups in total. The van der Waals surface area contributed by atoms with Crippen molar-refractivity contribution < 1.29 is 0 Å². The van der Waals surface area contributed by atoms with Gasteiger partial charge in [0.15, 0.2) is 0 Å². The summed E-state index contributed by atoms with van der Waals surface area (Å²) in [5.74, 6) is 1.94. The first kappa shape index (κ1) is 11.5. The predicted octanol–water partition coefficient (Wildman–Crippen LogP) is 0.611. The van der Waals surface area contributed by atoms with Crippen molar-refractivity contribution in [2.45, 2.75) is 0 Å². The zero-order valence-corrected chi connectivity index (χ0v) is 8.38. The third-order valence-corrected chi connectivity index (χ3v) is 2.57. The molecule has 0 aliphatic carbocycles. The number of rotatable bonds is 0. The van der Waals surface area contributed by atoms with Crippen LogP contribution in [0.25, 0.3) is 0 Å². The molecular formula is C7H16Cl2N2. The van der Waals surface area contributed by atoms with Crippen LogP contribution in [0.1, 0.15) is 0 Å². The van der Waals surface area contributed by atoms with E-state index in [1.54, 1.807) is 0 Å². The molecule has 0 saturated carbocycles. The average Bonchev–Trinajstić information content (AvgIpc) is 2.22. The van der Waals surface area contributed by atoms with E-state index in [0.717, 1.165) is 11.8 Å². The van der Waals surface area contributed by atoms with Crippen LogP contribution in [0.2, 0.25) is 0 Å². The lowest BCUT2D eigenvalue weighted by Crippen LogP contribution is -2.21. The van der Waals surface area contributed by atoms with Crippen LogP contribution in [0.5, 0.6) is 0 Å². The van der Waals surface area contributed by atoms with Crippen molar-refractivity contribution in [2.24, 2.45) is 11.8 Å². The molecule has 2 fully saturated rings. The topological polar surface area (TPSA) is 15.3 Å². The average molecular weight is 199 g/mol.